The van der Waals surface area contributed by atoms with Crippen LogP contribution in [0.15, 0.2) is 119 Å². The van der Waals surface area contributed by atoms with E-state index in [1.165, 1.54) is 64.2 Å². The smallest absolute Gasteiger partial charge is 0.343 e. The molecule has 0 aromatic heterocycles. The van der Waals surface area contributed by atoms with E-state index in [9.17, 15) is 9.59 Å². The van der Waals surface area contributed by atoms with Crippen LogP contribution in [0.2, 0.25) is 0 Å². The number of rotatable bonds is 24. The molecule has 1 heterocycles. The van der Waals surface area contributed by atoms with E-state index in [-0.39, 0.29) is 5.91 Å². The number of carbonyl (C=O) groups is 2. The quantitative estimate of drug-likeness (QED) is 0.0265. The Morgan fingerprint density at radius 1 is 0.538 bits per heavy atom. The summed E-state index contributed by atoms with van der Waals surface area (Å²) in [6.07, 6.45) is 18.5. The molecule has 0 spiro atoms. The van der Waals surface area contributed by atoms with Gasteiger partial charge in [0.2, 0.25) is 0 Å². The first kappa shape index (κ1) is 48.2. The summed E-state index contributed by atoms with van der Waals surface area (Å²) in [5.41, 5.74) is 7.78. The molecule has 6 rings (SSSR count). The first-order valence-corrected chi connectivity index (χ1v) is 23.9. The number of nitrogens with zero attached hydrogens (tertiary/aromatic N) is 4. The fourth-order valence-corrected chi connectivity index (χ4v) is 7.84. The predicted molar refractivity (Wildman–Crippen MR) is 267 cm³/mol. The zero-order valence-corrected chi connectivity index (χ0v) is 39.1. The van der Waals surface area contributed by atoms with Crippen LogP contribution < -0.4 is 19.1 Å². The topological polar surface area (TPSA) is 93.0 Å². The van der Waals surface area contributed by atoms with Crippen LogP contribution in [0, 0.1) is 13.8 Å². The molecule has 0 aliphatic carbocycles. The number of esters is 1. The largest absolute Gasteiger partial charge is 0.493 e. The molecule has 0 radical (unpaired) electrons. The van der Waals surface area contributed by atoms with Gasteiger partial charge in [-0.05, 0) is 134 Å². The zero-order valence-electron chi connectivity index (χ0n) is 39.1. The molecule has 5 aromatic rings. The minimum absolute atomic E-state index is 0.0207. The summed E-state index contributed by atoms with van der Waals surface area (Å²) < 4.78 is 17.7. The van der Waals surface area contributed by atoms with Gasteiger partial charge in [0.25, 0.3) is 5.91 Å². The number of ether oxygens (including phenoxy) is 3. The molecule has 1 aliphatic rings. The van der Waals surface area contributed by atoms with Gasteiger partial charge in [0.1, 0.15) is 17.2 Å². The van der Waals surface area contributed by atoms with Crippen LogP contribution in [0.4, 0.5) is 17.1 Å². The number of aryl methyl sites for hydroxylation is 2. The fourth-order valence-electron chi connectivity index (χ4n) is 7.84. The molecular weight excluding hydrogens is 809 g/mol. The van der Waals surface area contributed by atoms with Crippen molar-refractivity contribution in [2.45, 2.75) is 105 Å². The molecule has 9 heteroatoms. The van der Waals surface area contributed by atoms with Crippen LogP contribution >= 0.6 is 0 Å². The Hall–Kier alpha value is -6.22. The van der Waals surface area contributed by atoms with Crippen LogP contribution in [0.1, 0.15) is 134 Å². The van der Waals surface area contributed by atoms with E-state index in [2.05, 4.69) is 35.7 Å². The van der Waals surface area contributed by atoms with Gasteiger partial charge in [-0.3, -0.25) is 14.8 Å². The van der Waals surface area contributed by atoms with Crippen LogP contribution in [0.5, 0.6) is 17.2 Å². The molecule has 0 unspecified atom stereocenters. The summed E-state index contributed by atoms with van der Waals surface area (Å²) >= 11 is 0. The molecule has 1 amide bonds. The summed E-state index contributed by atoms with van der Waals surface area (Å²) in [7, 11) is 0. The highest BCUT2D eigenvalue weighted by atomic mass is 16.5. The maximum Gasteiger partial charge on any atom is 0.343 e. The number of aliphatic imine (C=N–C) groups is 2. The minimum Gasteiger partial charge on any atom is -0.493 e. The van der Waals surface area contributed by atoms with Crippen molar-refractivity contribution < 1.29 is 23.8 Å². The number of anilines is 1. The van der Waals surface area contributed by atoms with E-state index in [0.717, 1.165) is 76.9 Å². The molecular formula is C56H68N4O5. The number of unbranched alkanes of at least 4 members (excludes halogenated alkanes) is 10. The van der Waals surface area contributed by atoms with Crippen LogP contribution in [-0.2, 0) is 0 Å². The van der Waals surface area contributed by atoms with Gasteiger partial charge in [0, 0.05) is 49.9 Å². The number of hydrogen-bond acceptors (Lipinski definition) is 8. The number of hydrogen-bond donors (Lipinski definition) is 0. The van der Waals surface area contributed by atoms with Crippen LogP contribution in [0.25, 0.3) is 0 Å². The average Bonchev–Trinajstić information content (AvgIpc) is 3.33. The Kier molecular flexibility index (Phi) is 19.2. The predicted octanol–water partition coefficient (Wildman–Crippen LogP) is 13.5. The molecule has 1 aliphatic heterocycles. The van der Waals surface area contributed by atoms with Crippen LogP contribution in [-0.4, -0.2) is 68.6 Å². The van der Waals surface area contributed by atoms with E-state index in [0.29, 0.717) is 43.1 Å². The van der Waals surface area contributed by atoms with E-state index in [1.54, 1.807) is 18.3 Å². The van der Waals surface area contributed by atoms with Crippen LogP contribution in [0.3, 0.4) is 0 Å². The molecule has 0 saturated carbocycles. The second-order valence-corrected chi connectivity index (χ2v) is 17.1. The van der Waals surface area contributed by atoms with Gasteiger partial charge in [-0.2, -0.15) is 0 Å². The summed E-state index contributed by atoms with van der Waals surface area (Å²) in [6.45, 7) is 12.7. The number of benzene rings is 5. The Balaban J connectivity index is 0.900. The van der Waals surface area contributed by atoms with Crippen molar-refractivity contribution in [1.29, 1.82) is 0 Å². The van der Waals surface area contributed by atoms with Crippen molar-refractivity contribution in [1.82, 2.24) is 4.90 Å². The van der Waals surface area contributed by atoms with Crippen molar-refractivity contribution in [3.8, 4) is 17.2 Å². The minimum atomic E-state index is -0.426. The maximum atomic E-state index is 13.4. The Labute approximate surface area is 387 Å². The lowest BCUT2D eigenvalue weighted by atomic mass is 10.1. The summed E-state index contributed by atoms with van der Waals surface area (Å²) in [5, 5.41) is 0. The SMILES string of the molecule is CCCCCCCCOc1ccc(N=Cc2ccc(C(=O)Oc3ccc(N4CCN(C(=O)c5ccc(C=Nc6ccc(OCCCCCCCC)c(C)c6)cc5)CC4)cc3)cc2)cc1C. The summed E-state index contributed by atoms with van der Waals surface area (Å²) in [4.78, 5) is 39.9. The second kappa shape index (κ2) is 25.9. The van der Waals surface area contributed by atoms with Gasteiger partial charge in [0.05, 0.1) is 30.2 Å². The summed E-state index contributed by atoms with van der Waals surface area (Å²) in [5.74, 6) is 1.88. The van der Waals surface area contributed by atoms with Gasteiger partial charge in [-0.25, -0.2) is 4.79 Å². The first-order valence-electron chi connectivity index (χ1n) is 23.9. The number of piperazine rings is 1. The standard InChI is InChI=1S/C56H68N4O5/c1-5-7-9-11-13-15-37-63-53-31-25-49(39-43(53)3)57-41-45-17-21-47(22-18-45)55(61)60-35-33-59(34-36-60)51-27-29-52(30-28-51)65-56(62)48-23-19-46(20-24-48)42-58-50-26-32-54(44(4)40-50)64-38-16-14-12-10-8-6-2/h17-32,39-42H,5-16,33-38H2,1-4H3. The Morgan fingerprint density at radius 3 is 1.48 bits per heavy atom. The van der Waals surface area contributed by atoms with Crippen molar-refractivity contribution in [2.75, 3.05) is 44.3 Å². The third-order valence-electron chi connectivity index (χ3n) is 11.8. The third kappa shape index (κ3) is 15.5. The normalized spacial score (nSPS) is 12.9. The molecule has 5 aromatic carbocycles. The molecule has 0 atom stereocenters. The molecule has 342 valence electrons. The second-order valence-electron chi connectivity index (χ2n) is 17.1. The fraction of sp³-hybridized carbons (Fsp3) is 0.393. The van der Waals surface area contributed by atoms with Crippen molar-refractivity contribution >= 4 is 41.4 Å². The molecule has 0 bridgehead atoms. The van der Waals surface area contributed by atoms with Gasteiger partial charge >= 0.3 is 5.97 Å². The first-order chi connectivity index (χ1) is 31.8. The van der Waals surface area contributed by atoms with E-state index in [4.69, 9.17) is 14.2 Å². The molecule has 1 fully saturated rings. The third-order valence-corrected chi connectivity index (χ3v) is 11.8. The van der Waals surface area contributed by atoms with E-state index < -0.39 is 5.97 Å². The van der Waals surface area contributed by atoms with E-state index in [1.807, 2.05) is 115 Å². The van der Waals surface area contributed by atoms with Gasteiger partial charge in [0.15, 0.2) is 0 Å². The Bertz CT molecular complexity index is 2300. The highest BCUT2D eigenvalue weighted by Crippen LogP contribution is 2.27. The van der Waals surface area contributed by atoms with Gasteiger partial charge < -0.3 is 24.0 Å². The number of carbonyl (C=O) groups excluding carboxylic acids is 2. The lowest BCUT2D eigenvalue weighted by Gasteiger charge is -2.36. The van der Waals surface area contributed by atoms with E-state index >= 15 is 0 Å². The van der Waals surface area contributed by atoms with Crippen molar-refractivity contribution in [2.24, 2.45) is 9.98 Å². The maximum absolute atomic E-state index is 13.4. The number of amides is 1. The highest BCUT2D eigenvalue weighted by Gasteiger charge is 2.22. The molecule has 1 saturated heterocycles. The lowest BCUT2D eigenvalue weighted by molar-refractivity contribution is 0.0731. The Morgan fingerprint density at radius 2 is 1.00 bits per heavy atom. The monoisotopic (exact) mass is 877 g/mol. The molecule has 65 heavy (non-hydrogen) atoms. The van der Waals surface area contributed by atoms with Crippen molar-refractivity contribution in [3.05, 3.63) is 143 Å². The van der Waals surface area contributed by atoms with Crippen molar-refractivity contribution in [3.63, 3.8) is 0 Å². The highest BCUT2D eigenvalue weighted by molar-refractivity contribution is 5.95. The van der Waals surface area contributed by atoms with Gasteiger partial charge in [-0.15, -0.1) is 0 Å². The molecule has 9 nitrogen and oxygen atoms in total. The average molecular weight is 877 g/mol. The van der Waals surface area contributed by atoms with Gasteiger partial charge in [-0.1, -0.05) is 102 Å². The summed E-state index contributed by atoms with van der Waals surface area (Å²) in [6, 6.07) is 34.4. The molecule has 0 N–H and O–H groups in total. The lowest BCUT2D eigenvalue weighted by Crippen LogP contribution is -2.48. The zero-order chi connectivity index (χ0) is 45.6.